The highest BCUT2D eigenvalue weighted by Gasteiger charge is 2.21. The van der Waals surface area contributed by atoms with Crippen LogP contribution in [0.1, 0.15) is 40.1 Å². The van der Waals surface area contributed by atoms with E-state index in [0.717, 1.165) is 60.8 Å². The van der Waals surface area contributed by atoms with Crippen molar-refractivity contribution >= 4 is 49.7 Å². The molecular formula is C23H25N5O5S2. The molecule has 0 bridgehead atoms. The fraction of sp³-hybridized carbons (Fsp3) is 0.304. The van der Waals surface area contributed by atoms with E-state index >= 15 is 0 Å². The van der Waals surface area contributed by atoms with Crippen molar-refractivity contribution < 1.29 is 23.1 Å². The van der Waals surface area contributed by atoms with E-state index in [1.165, 1.54) is 18.7 Å². The number of anilines is 3. The summed E-state index contributed by atoms with van der Waals surface area (Å²) in [6.07, 6.45) is 5.82. The summed E-state index contributed by atoms with van der Waals surface area (Å²) >= 11 is 1.04. The Morgan fingerprint density at radius 3 is 2.51 bits per heavy atom. The van der Waals surface area contributed by atoms with Gasteiger partial charge in [-0.2, -0.15) is 0 Å². The number of thiazole rings is 1. The molecule has 2 aromatic heterocycles. The maximum absolute atomic E-state index is 12.7. The maximum atomic E-state index is 12.7. The van der Waals surface area contributed by atoms with Gasteiger partial charge in [-0.3, -0.25) is 5.32 Å². The smallest absolute Gasteiger partial charge is 0.337 e. The van der Waals surface area contributed by atoms with Crippen LogP contribution in [0, 0.1) is 6.92 Å². The van der Waals surface area contributed by atoms with E-state index in [9.17, 15) is 18.0 Å². The molecule has 0 atom stereocenters. The summed E-state index contributed by atoms with van der Waals surface area (Å²) in [4.78, 5) is 34.1. The Bertz CT molecular complexity index is 1330. The van der Waals surface area contributed by atoms with Crippen LogP contribution in [0.15, 0.2) is 47.8 Å². The summed E-state index contributed by atoms with van der Waals surface area (Å²) in [6.45, 7) is 3.90. The summed E-state index contributed by atoms with van der Waals surface area (Å²) in [7, 11) is -3.81. The Morgan fingerprint density at radius 2 is 1.83 bits per heavy atom. The Morgan fingerprint density at radius 1 is 1.06 bits per heavy atom. The number of benzene rings is 1. The number of hydrogen-bond acceptors (Lipinski definition) is 8. The van der Waals surface area contributed by atoms with E-state index in [-0.39, 0.29) is 21.5 Å². The minimum Gasteiger partial charge on any atom is -0.478 e. The third kappa shape index (κ3) is 6.14. The second-order valence-corrected chi connectivity index (χ2v) is 11.3. The van der Waals surface area contributed by atoms with Gasteiger partial charge < -0.3 is 15.3 Å². The first-order valence-corrected chi connectivity index (χ1v) is 13.5. The van der Waals surface area contributed by atoms with Gasteiger partial charge in [-0.15, -0.1) is 11.3 Å². The van der Waals surface area contributed by atoms with Gasteiger partial charge in [0, 0.05) is 30.4 Å². The molecule has 1 fully saturated rings. The minimum absolute atomic E-state index is 0.101. The lowest BCUT2D eigenvalue weighted by Crippen LogP contribution is -2.31. The van der Waals surface area contributed by atoms with Crippen molar-refractivity contribution in [3.63, 3.8) is 0 Å². The molecule has 12 heteroatoms. The lowest BCUT2D eigenvalue weighted by molar-refractivity contribution is 0.0696. The first-order chi connectivity index (χ1) is 16.7. The van der Waals surface area contributed by atoms with E-state index in [2.05, 4.69) is 31.6 Å². The molecule has 0 saturated carbocycles. The number of rotatable bonds is 7. The van der Waals surface area contributed by atoms with Gasteiger partial charge in [-0.05, 0) is 56.0 Å². The first kappa shape index (κ1) is 24.6. The van der Waals surface area contributed by atoms with Gasteiger partial charge in [-0.1, -0.05) is 6.07 Å². The molecule has 1 saturated heterocycles. The SMILES string of the molecule is Cc1ccc(NC(=O)Nc2ncc(CS(=O)(=O)c3ccc(C(=O)O)cn3)s2)c(N2CCCCC2)c1. The summed E-state index contributed by atoms with van der Waals surface area (Å²) < 4.78 is 25.3. The zero-order chi connectivity index (χ0) is 25.0. The van der Waals surface area contributed by atoms with Crippen LogP contribution >= 0.6 is 11.3 Å². The van der Waals surface area contributed by atoms with Crippen LogP contribution in [0.25, 0.3) is 0 Å². The summed E-state index contributed by atoms with van der Waals surface area (Å²) in [5.74, 6) is -1.56. The number of amides is 2. The van der Waals surface area contributed by atoms with Gasteiger partial charge in [0.15, 0.2) is 10.2 Å². The molecule has 0 aliphatic carbocycles. The highest BCUT2D eigenvalue weighted by atomic mass is 32.2. The largest absolute Gasteiger partial charge is 0.478 e. The van der Waals surface area contributed by atoms with Gasteiger partial charge in [0.1, 0.15) is 0 Å². The van der Waals surface area contributed by atoms with Crippen LogP contribution in [0.2, 0.25) is 0 Å². The zero-order valence-corrected chi connectivity index (χ0v) is 20.7. The minimum atomic E-state index is -3.81. The van der Waals surface area contributed by atoms with Crippen molar-refractivity contribution in [2.45, 2.75) is 37.0 Å². The third-order valence-corrected chi connectivity index (χ3v) is 8.17. The predicted molar refractivity (Wildman–Crippen MR) is 134 cm³/mol. The topological polar surface area (TPSA) is 142 Å². The van der Waals surface area contributed by atoms with Crippen molar-refractivity contribution in [1.82, 2.24) is 9.97 Å². The van der Waals surface area contributed by atoms with Gasteiger partial charge in [0.2, 0.25) is 9.84 Å². The molecule has 1 aromatic carbocycles. The summed E-state index contributed by atoms with van der Waals surface area (Å²) in [5, 5.41) is 14.5. The number of carboxylic acid groups (broad SMARTS) is 1. The Balaban J connectivity index is 1.41. The van der Waals surface area contributed by atoms with Gasteiger partial charge in [-0.25, -0.2) is 28.0 Å². The van der Waals surface area contributed by atoms with Crippen molar-refractivity contribution in [3.05, 3.63) is 58.7 Å². The van der Waals surface area contributed by atoms with E-state index in [0.29, 0.717) is 10.6 Å². The molecular weight excluding hydrogens is 490 g/mol. The quantitative estimate of drug-likeness (QED) is 0.426. The highest BCUT2D eigenvalue weighted by Crippen LogP contribution is 2.30. The summed E-state index contributed by atoms with van der Waals surface area (Å²) in [6, 6.07) is 7.75. The second kappa shape index (κ2) is 10.4. The number of aromatic carboxylic acids is 1. The van der Waals surface area contributed by atoms with Crippen LogP contribution < -0.4 is 15.5 Å². The normalized spacial score (nSPS) is 13.9. The third-order valence-electron chi connectivity index (χ3n) is 5.51. The van der Waals surface area contributed by atoms with Crippen molar-refractivity contribution in [2.24, 2.45) is 0 Å². The number of aromatic nitrogens is 2. The number of sulfone groups is 1. The predicted octanol–water partition coefficient (Wildman–Crippen LogP) is 4.15. The molecule has 1 aliphatic rings. The summed E-state index contributed by atoms with van der Waals surface area (Å²) in [5.41, 5.74) is 2.68. The van der Waals surface area contributed by atoms with Crippen molar-refractivity contribution in [1.29, 1.82) is 0 Å². The molecule has 3 N–H and O–H groups in total. The fourth-order valence-electron chi connectivity index (χ4n) is 3.78. The van der Waals surface area contributed by atoms with E-state index in [1.807, 2.05) is 19.1 Å². The monoisotopic (exact) mass is 515 g/mol. The Hall–Kier alpha value is -3.51. The van der Waals surface area contributed by atoms with Crippen LogP contribution in [0.5, 0.6) is 0 Å². The number of aryl methyl sites for hydroxylation is 1. The fourth-order valence-corrected chi connectivity index (χ4v) is 6.17. The average Bonchev–Trinajstić information content (AvgIpc) is 3.26. The van der Waals surface area contributed by atoms with E-state index in [1.54, 1.807) is 0 Å². The van der Waals surface area contributed by atoms with E-state index < -0.39 is 21.8 Å². The van der Waals surface area contributed by atoms with Crippen LogP contribution in [-0.2, 0) is 15.6 Å². The molecule has 0 radical (unpaired) electrons. The number of carbonyl (C=O) groups excluding carboxylic acids is 1. The number of carbonyl (C=O) groups is 2. The molecule has 2 amide bonds. The zero-order valence-electron chi connectivity index (χ0n) is 19.0. The molecule has 4 rings (SSSR count). The molecule has 0 spiro atoms. The second-order valence-electron chi connectivity index (χ2n) is 8.23. The Kier molecular flexibility index (Phi) is 7.31. The molecule has 10 nitrogen and oxygen atoms in total. The molecule has 184 valence electrons. The maximum Gasteiger partial charge on any atom is 0.337 e. The van der Waals surface area contributed by atoms with Gasteiger partial charge in [0.05, 0.1) is 22.7 Å². The number of nitrogens with one attached hydrogen (secondary N) is 2. The molecule has 35 heavy (non-hydrogen) atoms. The van der Waals surface area contributed by atoms with E-state index in [4.69, 9.17) is 5.11 Å². The molecule has 1 aliphatic heterocycles. The van der Waals surface area contributed by atoms with Crippen molar-refractivity contribution in [3.8, 4) is 0 Å². The molecule has 0 unspecified atom stereocenters. The Labute approximate surface area is 207 Å². The lowest BCUT2D eigenvalue weighted by Gasteiger charge is -2.30. The standard InChI is InChI=1S/C23H25N5O5S2/c1-15-5-7-18(19(11-15)28-9-3-2-4-10-28)26-22(31)27-23-25-13-17(34-23)14-35(32,33)20-8-6-16(12-24-20)21(29)30/h5-8,11-13H,2-4,9-10,14H2,1H3,(H,29,30)(H2,25,26,27,31). The number of nitrogens with zero attached hydrogens (tertiary/aromatic N) is 3. The van der Waals surface area contributed by atoms with Crippen molar-refractivity contribution in [2.75, 3.05) is 28.6 Å². The molecule has 3 heterocycles. The lowest BCUT2D eigenvalue weighted by atomic mass is 10.1. The van der Waals surface area contributed by atoms with Crippen LogP contribution in [0.4, 0.5) is 21.3 Å². The number of hydrogen-bond donors (Lipinski definition) is 3. The highest BCUT2D eigenvalue weighted by molar-refractivity contribution is 7.90. The van der Waals surface area contributed by atoms with Gasteiger partial charge >= 0.3 is 12.0 Å². The van der Waals surface area contributed by atoms with Crippen LogP contribution in [0.3, 0.4) is 0 Å². The number of urea groups is 1. The number of pyridine rings is 1. The average molecular weight is 516 g/mol. The van der Waals surface area contributed by atoms with Crippen LogP contribution in [-0.4, -0.2) is 48.6 Å². The number of piperidine rings is 1. The molecule has 3 aromatic rings. The van der Waals surface area contributed by atoms with Gasteiger partial charge in [0.25, 0.3) is 0 Å². The number of carboxylic acids is 1. The first-order valence-electron chi connectivity index (χ1n) is 11.0.